The lowest BCUT2D eigenvalue weighted by atomic mass is 9.98. The van der Waals surface area contributed by atoms with Crippen LogP contribution in [-0.2, 0) is 4.74 Å². The normalized spacial score (nSPS) is 25.7. The molecular formula is C16H22O2. The van der Waals surface area contributed by atoms with Gasteiger partial charge in [-0.25, -0.2) is 0 Å². The van der Waals surface area contributed by atoms with Gasteiger partial charge in [0.15, 0.2) is 0 Å². The predicted octanol–water partition coefficient (Wildman–Crippen LogP) is 3.87. The zero-order chi connectivity index (χ0) is 12.4. The van der Waals surface area contributed by atoms with Crippen molar-refractivity contribution in [2.45, 2.75) is 57.2 Å². The van der Waals surface area contributed by atoms with Gasteiger partial charge in [-0.1, -0.05) is 25.0 Å². The molecule has 1 aromatic rings. The number of hydrogen-bond donors (Lipinski definition) is 0. The molecule has 2 aliphatic rings. The lowest BCUT2D eigenvalue weighted by Gasteiger charge is -2.23. The Hall–Kier alpha value is -1.02. The van der Waals surface area contributed by atoms with Gasteiger partial charge in [0.1, 0.15) is 12.4 Å². The fraction of sp³-hybridized carbons (Fsp3) is 0.625. The van der Waals surface area contributed by atoms with Crippen LogP contribution in [0.3, 0.4) is 0 Å². The van der Waals surface area contributed by atoms with E-state index >= 15 is 0 Å². The number of hydrogen-bond acceptors (Lipinski definition) is 2. The maximum Gasteiger partial charge on any atom is 0.119 e. The molecule has 1 aromatic carbocycles. The van der Waals surface area contributed by atoms with E-state index < -0.39 is 0 Å². The number of ether oxygens (including phenoxy) is 2. The van der Waals surface area contributed by atoms with Gasteiger partial charge in [0, 0.05) is 0 Å². The Morgan fingerprint density at radius 1 is 1.28 bits per heavy atom. The maximum absolute atomic E-state index is 6.24. The number of benzene rings is 1. The molecule has 0 amide bonds. The summed E-state index contributed by atoms with van der Waals surface area (Å²) in [7, 11) is 0. The van der Waals surface area contributed by atoms with Crippen molar-refractivity contribution < 1.29 is 9.47 Å². The molecule has 98 valence electrons. The van der Waals surface area contributed by atoms with Crippen LogP contribution in [0.1, 0.15) is 44.1 Å². The van der Waals surface area contributed by atoms with Gasteiger partial charge in [0.25, 0.3) is 0 Å². The summed E-state index contributed by atoms with van der Waals surface area (Å²) in [6.45, 7) is 2.79. The van der Waals surface area contributed by atoms with E-state index in [9.17, 15) is 0 Å². The molecule has 0 radical (unpaired) electrons. The zero-order valence-corrected chi connectivity index (χ0v) is 11.2. The van der Waals surface area contributed by atoms with E-state index in [0.717, 1.165) is 12.2 Å². The highest BCUT2D eigenvalue weighted by Gasteiger charge is 2.42. The average molecular weight is 246 g/mol. The van der Waals surface area contributed by atoms with Crippen LogP contribution in [0.2, 0.25) is 0 Å². The second-order valence-electron chi connectivity index (χ2n) is 5.80. The highest BCUT2D eigenvalue weighted by molar-refractivity contribution is 5.27. The Bertz CT molecular complexity index is 407. The Labute approximate surface area is 109 Å². The van der Waals surface area contributed by atoms with Crippen molar-refractivity contribution in [1.29, 1.82) is 0 Å². The first-order chi connectivity index (χ1) is 8.76. The van der Waals surface area contributed by atoms with Crippen LogP contribution >= 0.6 is 0 Å². The molecule has 18 heavy (non-hydrogen) atoms. The lowest BCUT2D eigenvalue weighted by molar-refractivity contribution is -0.0508. The zero-order valence-electron chi connectivity index (χ0n) is 11.2. The second-order valence-corrected chi connectivity index (χ2v) is 5.80. The van der Waals surface area contributed by atoms with E-state index in [4.69, 9.17) is 9.47 Å². The van der Waals surface area contributed by atoms with Gasteiger partial charge in [0.2, 0.25) is 0 Å². The van der Waals surface area contributed by atoms with E-state index in [1.54, 1.807) is 0 Å². The SMILES string of the molecule is Cc1cccc(OCC2CCC3(CCCC3)O2)c1. The van der Waals surface area contributed by atoms with E-state index in [2.05, 4.69) is 19.1 Å². The molecule has 1 aliphatic carbocycles. The van der Waals surface area contributed by atoms with Crippen molar-refractivity contribution in [3.05, 3.63) is 29.8 Å². The molecule has 0 bridgehead atoms. The third-order valence-electron chi connectivity index (χ3n) is 4.28. The van der Waals surface area contributed by atoms with Crippen LogP contribution in [0.4, 0.5) is 0 Å². The number of aryl methyl sites for hydroxylation is 1. The third kappa shape index (κ3) is 2.54. The van der Waals surface area contributed by atoms with Gasteiger partial charge in [-0.3, -0.25) is 0 Å². The molecule has 2 nitrogen and oxygen atoms in total. The molecule has 1 saturated carbocycles. The first-order valence-electron chi connectivity index (χ1n) is 7.13. The van der Waals surface area contributed by atoms with Crippen molar-refractivity contribution in [3.8, 4) is 5.75 Å². The molecule has 0 aromatic heterocycles. The Morgan fingerprint density at radius 3 is 2.89 bits per heavy atom. The molecule has 0 N–H and O–H groups in total. The second kappa shape index (κ2) is 4.93. The minimum absolute atomic E-state index is 0.223. The van der Waals surface area contributed by atoms with Gasteiger partial charge < -0.3 is 9.47 Å². The summed E-state index contributed by atoms with van der Waals surface area (Å²) in [6, 6.07) is 8.23. The summed E-state index contributed by atoms with van der Waals surface area (Å²) in [5.74, 6) is 0.964. The summed E-state index contributed by atoms with van der Waals surface area (Å²) in [5, 5.41) is 0. The van der Waals surface area contributed by atoms with Gasteiger partial charge in [0.05, 0.1) is 11.7 Å². The fourth-order valence-corrected chi connectivity index (χ4v) is 3.29. The topological polar surface area (TPSA) is 18.5 Å². The van der Waals surface area contributed by atoms with E-state index in [-0.39, 0.29) is 5.60 Å². The van der Waals surface area contributed by atoms with Crippen molar-refractivity contribution in [2.24, 2.45) is 0 Å². The van der Waals surface area contributed by atoms with Crippen LogP contribution < -0.4 is 4.74 Å². The van der Waals surface area contributed by atoms with Crippen LogP contribution in [0.15, 0.2) is 24.3 Å². The quantitative estimate of drug-likeness (QED) is 0.806. The molecule has 1 unspecified atom stereocenters. The highest BCUT2D eigenvalue weighted by atomic mass is 16.6. The molecule has 1 aliphatic heterocycles. The van der Waals surface area contributed by atoms with E-state index in [0.29, 0.717) is 12.7 Å². The van der Waals surface area contributed by atoms with E-state index in [1.807, 2.05) is 12.1 Å². The van der Waals surface area contributed by atoms with Gasteiger partial charge in [-0.05, 0) is 50.3 Å². The van der Waals surface area contributed by atoms with Crippen molar-refractivity contribution >= 4 is 0 Å². The number of rotatable bonds is 3. The molecule has 1 spiro atoms. The van der Waals surface area contributed by atoms with Crippen molar-refractivity contribution in [2.75, 3.05) is 6.61 Å². The smallest absolute Gasteiger partial charge is 0.119 e. The average Bonchev–Trinajstić information content (AvgIpc) is 2.98. The molecule has 1 saturated heterocycles. The van der Waals surface area contributed by atoms with Gasteiger partial charge in [-0.15, -0.1) is 0 Å². The Morgan fingerprint density at radius 2 is 2.11 bits per heavy atom. The highest BCUT2D eigenvalue weighted by Crippen LogP contribution is 2.43. The first-order valence-corrected chi connectivity index (χ1v) is 7.13. The molecule has 2 fully saturated rings. The summed E-state index contributed by atoms with van der Waals surface area (Å²) >= 11 is 0. The minimum atomic E-state index is 0.223. The van der Waals surface area contributed by atoms with Crippen LogP contribution in [0, 0.1) is 6.92 Å². The maximum atomic E-state index is 6.24. The summed E-state index contributed by atoms with van der Waals surface area (Å²) in [6.07, 6.45) is 7.88. The molecule has 1 atom stereocenters. The molecular weight excluding hydrogens is 224 g/mol. The van der Waals surface area contributed by atoms with Crippen molar-refractivity contribution in [1.82, 2.24) is 0 Å². The van der Waals surface area contributed by atoms with Gasteiger partial charge >= 0.3 is 0 Å². The summed E-state index contributed by atoms with van der Waals surface area (Å²) in [5.41, 5.74) is 1.47. The molecule has 3 rings (SSSR count). The molecule has 2 heteroatoms. The Balaban J connectivity index is 1.52. The Kier molecular flexibility index (Phi) is 3.29. The minimum Gasteiger partial charge on any atom is -0.491 e. The summed E-state index contributed by atoms with van der Waals surface area (Å²) < 4.78 is 12.1. The van der Waals surface area contributed by atoms with Gasteiger partial charge in [-0.2, -0.15) is 0 Å². The van der Waals surface area contributed by atoms with Crippen LogP contribution in [-0.4, -0.2) is 18.3 Å². The van der Waals surface area contributed by atoms with Crippen LogP contribution in [0.5, 0.6) is 5.75 Å². The fourth-order valence-electron chi connectivity index (χ4n) is 3.29. The predicted molar refractivity (Wildman–Crippen MR) is 72.0 cm³/mol. The van der Waals surface area contributed by atoms with Crippen LogP contribution in [0.25, 0.3) is 0 Å². The summed E-state index contributed by atoms with van der Waals surface area (Å²) in [4.78, 5) is 0. The monoisotopic (exact) mass is 246 g/mol. The standard InChI is InChI=1S/C16H22O2/c1-13-5-4-6-14(11-13)17-12-15-7-10-16(18-15)8-2-3-9-16/h4-6,11,15H,2-3,7-10,12H2,1H3. The largest absolute Gasteiger partial charge is 0.491 e. The first kappa shape index (κ1) is 12.0. The lowest BCUT2D eigenvalue weighted by Crippen LogP contribution is -2.27. The molecule has 1 heterocycles. The van der Waals surface area contributed by atoms with Crippen molar-refractivity contribution in [3.63, 3.8) is 0 Å². The van der Waals surface area contributed by atoms with E-state index in [1.165, 1.54) is 37.7 Å². The third-order valence-corrected chi connectivity index (χ3v) is 4.28.